The number of aromatic nitrogens is 3. The summed E-state index contributed by atoms with van der Waals surface area (Å²) in [5.74, 6) is 0.591. The van der Waals surface area contributed by atoms with Crippen LogP contribution in [0.1, 0.15) is 11.4 Å². The molecule has 1 aromatic heterocycles. The number of benzene rings is 2. The van der Waals surface area contributed by atoms with Gasteiger partial charge in [-0.05, 0) is 35.9 Å². The Hall–Kier alpha value is -2.26. The summed E-state index contributed by atoms with van der Waals surface area (Å²) in [5.41, 5.74) is 2.68. The Balaban J connectivity index is 1.90. The molecule has 3 aromatic rings. The van der Waals surface area contributed by atoms with Crippen LogP contribution >= 0.6 is 11.6 Å². The van der Waals surface area contributed by atoms with E-state index in [0.29, 0.717) is 5.82 Å². The molecule has 0 amide bonds. The Kier molecular flexibility index (Phi) is 3.21. The summed E-state index contributed by atoms with van der Waals surface area (Å²) < 4.78 is 0. The third-order valence-electron chi connectivity index (χ3n) is 2.67. The molecule has 0 aliphatic heterocycles. The summed E-state index contributed by atoms with van der Waals surface area (Å²) in [6.45, 7) is 0. The van der Waals surface area contributed by atoms with Crippen LogP contribution in [0.15, 0.2) is 48.5 Å². The van der Waals surface area contributed by atoms with Gasteiger partial charge >= 0.3 is 0 Å². The smallest absolute Gasteiger partial charge is 0.175 e. The van der Waals surface area contributed by atoms with E-state index < -0.39 is 0 Å². The van der Waals surface area contributed by atoms with Crippen LogP contribution in [0.4, 0.5) is 0 Å². The zero-order valence-corrected chi connectivity index (χ0v) is 10.7. The molecule has 92 valence electrons. The predicted molar refractivity (Wildman–Crippen MR) is 77.7 cm³/mol. The standard InChI is InChI=1S/C15H10ClN3/c16-12-8-5-11(6-9-12)7-10-15-17-13-3-1-2-4-14(13)18-19-15/h1-10H. The first kappa shape index (κ1) is 11.8. The number of hydrogen-bond donors (Lipinski definition) is 0. The molecule has 0 unspecified atom stereocenters. The summed E-state index contributed by atoms with van der Waals surface area (Å²) in [6.07, 6.45) is 3.77. The number of nitrogens with zero attached hydrogens (tertiary/aromatic N) is 3. The maximum atomic E-state index is 5.84. The van der Waals surface area contributed by atoms with Crippen LogP contribution in [0.5, 0.6) is 0 Å². The number of fused-ring (bicyclic) bond motifs is 1. The van der Waals surface area contributed by atoms with Gasteiger partial charge in [0.2, 0.25) is 0 Å². The Morgan fingerprint density at radius 2 is 1.53 bits per heavy atom. The molecule has 3 rings (SSSR count). The molecule has 0 N–H and O–H groups in total. The van der Waals surface area contributed by atoms with Crippen LogP contribution in [-0.4, -0.2) is 15.2 Å². The van der Waals surface area contributed by atoms with E-state index in [4.69, 9.17) is 11.6 Å². The molecule has 0 bridgehead atoms. The van der Waals surface area contributed by atoms with Gasteiger partial charge in [-0.2, -0.15) is 0 Å². The molecule has 2 aromatic carbocycles. The number of hydrogen-bond acceptors (Lipinski definition) is 3. The monoisotopic (exact) mass is 267 g/mol. The highest BCUT2D eigenvalue weighted by atomic mass is 35.5. The first-order valence-corrected chi connectivity index (χ1v) is 6.22. The van der Waals surface area contributed by atoms with Crippen LogP contribution in [0.25, 0.3) is 23.2 Å². The Bertz CT molecular complexity index is 736. The zero-order valence-electron chi connectivity index (χ0n) is 9.99. The lowest BCUT2D eigenvalue weighted by atomic mass is 10.2. The minimum Gasteiger partial charge on any atom is -0.225 e. The molecule has 0 fully saturated rings. The normalized spacial score (nSPS) is 11.2. The van der Waals surface area contributed by atoms with Gasteiger partial charge in [-0.3, -0.25) is 0 Å². The zero-order chi connectivity index (χ0) is 13.1. The van der Waals surface area contributed by atoms with Crippen molar-refractivity contribution in [2.75, 3.05) is 0 Å². The van der Waals surface area contributed by atoms with Crippen molar-refractivity contribution in [2.45, 2.75) is 0 Å². The van der Waals surface area contributed by atoms with E-state index in [1.165, 1.54) is 0 Å². The molecular formula is C15H10ClN3. The molecule has 4 heteroatoms. The quantitative estimate of drug-likeness (QED) is 0.708. The number of rotatable bonds is 2. The van der Waals surface area contributed by atoms with Gasteiger partial charge in [0.1, 0.15) is 5.52 Å². The van der Waals surface area contributed by atoms with Gasteiger partial charge < -0.3 is 0 Å². The lowest BCUT2D eigenvalue weighted by Gasteiger charge is -1.96. The molecule has 0 atom stereocenters. The molecule has 1 heterocycles. The van der Waals surface area contributed by atoms with Crippen molar-refractivity contribution in [2.24, 2.45) is 0 Å². The average Bonchev–Trinajstić information content (AvgIpc) is 2.46. The molecule has 0 aliphatic rings. The summed E-state index contributed by atoms with van der Waals surface area (Å²) >= 11 is 5.84. The van der Waals surface area contributed by atoms with Crippen molar-refractivity contribution in [3.63, 3.8) is 0 Å². The molecule has 0 saturated carbocycles. The van der Waals surface area contributed by atoms with Crippen LogP contribution in [0.3, 0.4) is 0 Å². The minimum atomic E-state index is 0.591. The fraction of sp³-hybridized carbons (Fsp3) is 0. The Morgan fingerprint density at radius 1 is 0.789 bits per heavy atom. The summed E-state index contributed by atoms with van der Waals surface area (Å²) in [4.78, 5) is 4.42. The number of para-hydroxylation sites is 1. The second kappa shape index (κ2) is 5.16. The summed E-state index contributed by atoms with van der Waals surface area (Å²) in [5, 5.41) is 8.91. The van der Waals surface area contributed by atoms with Crippen molar-refractivity contribution in [1.82, 2.24) is 15.2 Å². The highest BCUT2D eigenvalue weighted by molar-refractivity contribution is 6.30. The van der Waals surface area contributed by atoms with Gasteiger partial charge in [0.05, 0.1) is 5.52 Å². The third kappa shape index (κ3) is 2.77. The second-order valence-electron chi connectivity index (χ2n) is 4.04. The molecule has 0 aliphatic carbocycles. The lowest BCUT2D eigenvalue weighted by molar-refractivity contribution is 1.00. The minimum absolute atomic E-state index is 0.591. The molecule has 0 radical (unpaired) electrons. The van der Waals surface area contributed by atoms with E-state index in [9.17, 15) is 0 Å². The van der Waals surface area contributed by atoms with Crippen molar-refractivity contribution < 1.29 is 0 Å². The van der Waals surface area contributed by atoms with Crippen LogP contribution in [0.2, 0.25) is 5.02 Å². The van der Waals surface area contributed by atoms with Gasteiger partial charge in [-0.15, -0.1) is 10.2 Å². The maximum Gasteiger partial charge on any atom is 0.175 e. The van der Waals surface area contributed by atoms with Crippen molar-refractivity contribution in [3.8, 4) is 0 Å². The Morgan fingerprint density at radius 3 is 2.32 bits per heavy atom. The third-order valence-corrected chi connectivity index (χ3v) is 2.92. The first-order valence-electron chi connectivity index (χ1n) is 5.84. The first-order chi connectivity index (χ1) is 9.31. The predicted octanol–water partition coefficient (Wildman–Crippen LogP) is 3.85. The van der Waals surface area contributed by atoms with Crippen LogP contribution < -0.4 is 0 Å². The van der Waals surface area contributed by atoms with Crippen LogP contribution in [0, 0.1) is 0 Å². The molecule has 0 saturated heterocycles. The van der Waals surface area contributed by atoms with E-state index in [1.54, 1.807) is 0 Å². The SMILES string of the molecule is Clc1ccc(C=Cc2nnc3ccccc3n2)cc1. The second-order valence-corrected chi connectivity index (χ2v) is 4.48. The fourth-order valence-corrected chi connectivity index (χ4v) is 1.84. The van der Waals surface area contributed by atoms with Gasteiger partial charge in [-0.1, -0.05) is 41.9 Å². The highest BCUT2D eigenvalue weighted by Crippen LogP contribution is 2.12. The largest absolute Gasteiger partial charge is 0.225 e. The maximum absolute atomic E-state index is 5.84. The van der Waals surface area contributed by atoms with Crippen molar-refractivity contribution >= 4 is 34.8 Å². The van der Waals surface area contributed by atoms with Crippen molar-refractivity contribution in [3.05, 3.63) is 64.9 Å². The molecule has 19 heavy (non-hydrogen) atoms. The van der Waals surface area contributed by atoms with E-state index in [1.807, 2.05) is 60.7 Å². The molecule has 0 spiro atoms. The van der Waals surface area contributed by atoms with E-state index in [2.05, 4.69) is 15.2 Å². The van der Waals surface area contributed by atoms with Gasteiger partial charge in [0, 0.05) is 5.02 Å². The van der Waals surface area contributed by atoms with Crippen molar-refractivity contribution in [1.29, 1.82) is 0 Å². The van der Waals surface area contributed by atoms with E-state index >= 15 is 0 Å². The summed E-state index contributed by atoms with van der Waals surface area (Å²) in [7, 11) is 0. The number of halogens is 1. The van der Waals surface area contributed by atoms with Crippen LogP contribution in [-0.2, 0) is 0 Å². The van der Waals surface area contributed by atoms with Gasteiger partial charge in [0.15, 0.2) is 5.82 Å². The average molecular weight is 268 g/mol. The van der Waals surface area contributed by atoms with Gasteiger partial charge in [0.25, 0.3) is 0 Å². The summed E-state index contributed by atoms with van der Waals surface area (Å²) in [6, 6.07) is 15.2. The lowest BCUT2D eigenvalue weighted by Crippen LogP contribution is -1.92. The van der Waals surface area contributed by atoms with Gasteiger partial charge in [-0.25, -0.2) is 4.98 Å². The fourth-order valence-electron chi connectivity index (χ4n) is 1.71. The highest BCUT2D eigenvalue weighted by Gasteiger charge is 1.97. The van der Waals surface area contributed by atoms with E-state index in [-0.39, 0.29) is 0 Å². The van der Waals surface area contributed by atoms with E-state index in [0.717, 1.165) is 21.6 Å². The Labute approximate surface area is 115 Å². The molecule has 3 nitrogen and oxygen atoms in total. The topological polar surface area (TPSA) is 38.7 Å². The molecular weight excluding hydrogens is 258 g/mol.